The van der Waals surface area contributed by atoms with Crippen molar-refractivity contribution in [2.75, 3.05) is 12.8 Å². The molecule has 2 rings (SSSR count). The molecule has 3 heteroatoms. The molecule has 0 amide bonds. The Labute approximate surface area is 100 Å². The van der Waals surface area contributed by atoms with Gasteiger partial charge in [-0.25, -0.2) is 0 Å². The Balaban J connectivity index is 2.41. The van der Waals surface area contributed by atoms with E-state index in [2.05, 4.69) is 18.4 Å². The van der Waals surface area contributed by atoms with E-state index in [1.807, 2.05) is 6.07 Å². The molecular formula is C12H16ClNS. The Morgan fingerprint density at radius 3 is 2.67 bits per heavy atom. The summed E-state index contributed by atoms with van der Waals surface area (Å²) in [6, 6.07) is 6.27. The van der Waals surface area contributed by atoms with Crippen LogP contribution in [0.4, 0.5) is 0 Å². The number of hydrogen-bond donors (Lipinski definition) is 1. The van der Waals surface area contributed by atoms with Crippen LogP contribution in [0.15, 0.2) is 23.1 Å². The molecule has 0 heterocycles. The monoisotopic (exact) mass is 241 g/mol. The summed E-state index contributed by atoms with van der Waals surface area (Å²) in [6.45, 7) is 0.713. The lowest BCUT2D eigenvalue weighted by Gasteiger charge is -2.42. The summed E-state index contributed by atoms with van der Waals surface area (Å²) in [7, 11) is 0. The second-order valence-corrected chi connectivity index (χ2v) is 5.47. The van der Waals surface area contributed by atoms with Crippen LogP contribution in [0.25, 0.3) is 0 Å². The van der Waals surface area contributed by atoms with Gasteiger partial charge in [-0.05, 0) is 42.9 Å². The molecule has 1 fully saturated rings. The number of rotatable bonds is 3. The van der Waals surface area contributed by atoms with Crippen LogP contribution in [0.1, 0.15) is 24.8 Å². The van der Waals surface area contributed by atoms with Crippen LogP contribution in [0.3, 0.4) is 0 Å². The zero-order valence-electron chi connectivity index (χ0n) is 8.92. The first-order valence-corrected chi connectivity index (χ1v) is 6.86. The molecule has 0 saturated heterocycles. The quantitative estimate of drug-likeness (QED) is 0.821. The van der Waals surface area contributed by atoms with Crippen LogP contribution in [0, 0.1) is 0 Å². The molecule has 82 valence electrons. The summed E-state index contributed by atoms with van der Waals surface area (Å²) in [5.41, 5.74) is 7.32. The van der Waals surface area contributed by atoms with Gasteiger partial charge in [-0.15, -0.1) is 11.8 Å². The van der Waals surface area contributed by atoms with Gasteiger partial charge in [0.15, 0.2) is 0 Å². The van der Waals surface area contributed by atoms with Crippen LogP contribution in [-0.4, -0.2) is 12.8 Å². The Bertz CT molecular complexity index is 355. The number of hydrogen-bond acceptors (Lipinski definition) is 2. The molecule has 1 aliphatic carbocycles. The minimum atomic E-state index is 0.169. The smallest absolute Gasteiger partial charge is 0.0444 e. The van der Waals surface area contributed by atoms with Gasteiger partial charge in [-0.3, -0.25) is 0 Å². The van der Waals surface area contributed by atoms with E-state index in [9.17, 15) is 0 Å². The van der Waals surface area contributed by atoms with E-state index >= 15 is 0 Å². The van der Waals surface area contributed by atoms with E-state index < -0.39 is 0 Å². The van der Waals surface area contributed by atoms with Crippen molar-refractivity contribution in [3.05, 3.63) is 28.8 Å². The normalized spacial score (nSPS) is 18.6. The van der Waals surface area contributed by atoms with Crippen molar-refractivity contribution in [3.8, 4) is 0 Å². The topological polar surface area (TPSA) is 26.0 Å². The molecule has 0 radical (unpaired) electrons. The second kappa shape index (κ2) is 4.36. The Hall–Kier alpha value is -0.180. The third-order valence-corrected chi connectivity index (χ3v) is 4.50. The molecule has 0 aromatic heterocycles. The molecule has 1 saturated carbocycles. The zero-order chi connectivity index (χ0) is 10.9. The van der Waals surface area contributed by atoms with Crippen molar-refractivity contribution < 1.29 is 0 Å². The fraction of sp³-hybridized carbons (Fsp3) is 0.500. The molecule has 2 N–H and O–H groups in total. The molecule has 0 unspecified atom stereocenters. The van der Waals surface area contributed by atoms with Gasteiger partial charge in [0.1, 0.15) is 0 Å². The second-order valence-electron chi connectivity index (χ2n) is 4.18. The molecule has 0 bridgehead atoms. The van der Waals surface area contributed by atoms with Gasteiger partial charge in [0.2, 0.25) is 0 Å². The lowest BCUT2D eigenvalue weighted by Crippen LogP contribution is -2.41. The fourth-order valence-corrected chi connectivity index (χ4v) is 2.98. The molecule has 15 heavy (non-hydrogen) atoms. The molecule has 1 aliphatic rings. The van der Waals surface area contributed by atoms with Gasteiger partial charge in [-0.2, -0.15) is 0 Å². The molecular weight excluding hydrogens is 226 g/mol. The van der Waals surface area contributed by atoms with E-state index in [4.69, 9.17) is 17.3 Å². The highest BCUT2D eigenvalue weighted by Gasteiger charge is 2.38. The maximum atomic E-state index is 6.26. The van der Waals surface area contributed by atoms with Crippen molar-refractivity contribution >= 4 is 23.4 Å². The number of benzene rings is 1. The summed E-state index contributed by atoms with van der Waals surface area (Å²) in [5.74, 6) is 0. The molecule has 1 aromatic rings. The molecule has 0 spiro atoms. The average Bonchev–Trinajstić information content (AvgIpc) is 2.20. The van der Waals surface area contributed by atoms with Crippen molar-refractivity contribution in [1.82, 2.24) is 0 Å². The van der Waals surface area contributed by atoms with Crippen molar-refractivity contribution in [2.24, 2.45) is 5.73 Å². The van der Waals surface area contributed by atoms with Gasteiger partial charge >= 0.3 is 0 Å². The number of thioether (sulfide) groups is 1. The van der Waals surface area contributed by atoms with Gasteiger partial charge in [0.25, 0.3) is 0 Å². The third-order valence-electron chi connectivity index (χ3n) is 3.45. The van der Waals surface area contributed by atoms with E-state index in [0.29, 0.717) is 6.54 Å². The Morgan fingerprint density at radius 2 is 2.20 bits per heavy atom. The standard InChI is InChI=1S/C12H16ClNS/c1-15-9-3-4-11(13)10(7-9)12(8-14)5-2-6-12/h3-4,7H,2,5-6,8,14H2,1H3. The molecule has 0 atom stereocenters. The van der Waals surface area contributed by atoms with Gasteiger partial charge < -0.3 is 5.73 Å². The van der Waals surface area contributed by atoms with Crippen LogP contribution in [-0.2, 0) is 5.41 Å². The minimum absolute atomic E-state index is 0.169. The van der Waals surface area contributed by atoms with Crippen molar-refractivity contribution in [2.45, 2.75) is 29.6 Å². The predicted octanol–water partition coefficient (Wildman–Crippen LogP) is 3.44. The van der Waals surface area contributed by atoms with Crippen LogP contribution < -0.4 is 5.73 Å². The summed E-state index contributed by atoms with van der Waals surface area (Å²) in [6.07, 6.45) is 5.72. The zero-order valence-corrected chi connectivity index (χ0v) is 10.5. The lowest BCUT2D eigenvalue weighted by molar-refractivity contribution is 0.253. The van der Waals surface area contributed by atoms with Gasteiger partial charge in [0.05, 0.1) is 0 Å². The largest absolute Gasteiger partial charge is 0.330 e. The van der Waals surface area contributed by atoms with Gasteiger partial charge in [0, 0.05) is 21.9 Å². The maximum Gasteiger partial charge on any atom is 0.0444 e. The number of nitrogens with two attached hydrogens (primary N) is 1. The summed E-state index contributed by atoms with van der Waals surface area (Å²) < 4.78 is 0. The van der Waals surface area contributed by atoms with E-state index in [1.54, 1.807) is 11.8 Å². The predicted molar refractivity (Wildman–Crippen MR) is 67.8 cm³/mol. The van der Waals surface area contributed by atoms with Crippen LogP contribution in [0.2, 0.25) is 5.02 Å². The molecule has 1 aromatic carbocycles. The molecule has 1 nitrogen and oxygen atoms in total. The van der Waals surface area contributed by atoms with E-state index in [0.717, 1.165) is 5.02 Å². The maximum absolute atomic E-state index is 6.26. The first-order chi connectivity index (χ1) is 7.22. The minimum Gasteiger partial charge on any atom is -0.330 e. The van der Waals surface area contributed by atoms with E-state index in [1.165, 1.54) is 29.7 Å². The summed E-state index contributed by atoms with van der Waals surface area (Å²) >= 11 is 8.02. The van der Waals surface area contributed by atoms with Crippen LogP contribution >= 0.6 is 23.4 Å². The highest BCUT2D eigenvalue weighted by molar-refractivity contribution is 7.98. The highest BCUT2D eigenvalue weighted by Crippen LogP contribution is 2.46. The number of halogens is 1. The van der Waals surface area contributed by atoms with Crippen molar-refractivity contribution in [3.63, 3.8) is 0 Å². The average molecular weight is 242 g/mol. The Morgan fingerprint density at radius 1 is 1.47 bits per heavy atom. The van der Waals surface area contributed by atoms with E-state index in [-0.39, 0.29) is 5.41 Å². The van der Waals surface area contributed by atoms with Crippen molar-refractivity contribution in [1.29, 1.82) is 0 Å². The van der Waals surface area contributed by atoms with Gasteiger partial charge in [-0.1, -0.05) is 18.0 Å². The highest BCUT2D eigenvalue weighted by atomic mass is 35.5. The molecule has 0 aliphatic heterocycles. The van der Waals surface area contributed by atoms with Crippen LogP contribution in [0.5, 0.6) is 0 Å². The summed E-state index contributed by atoms with van der Waals surface area (Å²) in [4.78, 5) is 1.27. The first kappa shape index (κ1) is 11.3. The summed E-state index contributed by atoms with van der Waals surface area (Å²) in [5, 5.41) is 0.873. The SMILES string of the molecule is CSc1ccc(Cl)c(C2(CN)CCC2)c1. The fourth-order valence-electron chi connectivity index (χ4n) is 2.22. The first-order valence-electron chi connectivity index (χ1n) is 5.26. The lowest BCUT2D eigenvalue weighted by atomic mass is 9.64. The Kier molecular flexibility index (Phi) is 3.29. The third kappa shape index (κ3) is 1.91.